The number of hydrogen-bond donors (Lipinski definition) is 4. The molecule has 4 N–H and O–H groups in total. The number of carbonyl (C=O) groups is 2. The molecule has 0 aliphatic carbocycles. The number of rotatable bonds is 12. The Bertz CT molecular complexity index is 1930. The average molecular weight is 717 g/mol. The van der Waals surface area contributed by atoms with Gasteiger partial charge in [-0.2, -0.15) is 0 Å². The molecule has 1 atom stereocenters. The molecule has 13 heteroatoms. The molecule has 260 valence electrons. The molecular formula is C37H39Cl2N7O4. The molecule has 0 bridgehead atoms. The molecule has 2 amide bonds. The largest absolute Gasteiger partial charge is 0.494 e. The fourth-order valence-corrected chi connectivity index (χ4v) is 7.72. The van der Waals surface area contributed by atoms with Gasteiger partial charge in [0.25, 0.3) is 0 Å². The van der Waals surface area contributed by atoms with Gasteiger partial charge in [0.15, 0.2) is 0 Å². The van der Waals surface area contributed by atoms with Gasteiger partial charge in [0.2, 0.25) is 17.7 Å². The van der Waals surface area contributed by atoms with E-state index in [-0.39, 0.29) is 23.4 Å². The van der Waals surface area contributed by atoms with Gasteiger partial charge in [-0.05, 0) is 37.1 Å². The third-order valence-corrected chi connectivity index (χ3v) is 10.4. The van der Waals surface area contributed by atoms with Crippen molar-refractivity contribution in [2.24, 2.45) is 0 Å². The van der Waals surface area contributed by atoms with Gasteiger partial charge < -0.3 is 30.7 Å². The maximum Gasteiger partial charge on any atom is 0.220 e. The van der Waals surface area contributed by atoms with E-state index in [4.69, 9.17) is 37.7 Å². The van der Waals surface area contributed by atoms with Gasteiger partial charge in [-0.1, -0.05) is 53.5 Å². The van der Waals surface area contributed by atoms with Gasteiger partial charge in [0.1, 0.15) is 5.75 Å². The first-order valence-electron chi connectivity index (χ1n) is 16.7. The van der Waals surface area contributed by atoms with Crippen LogP contribution < -0.4 is 30.7 Å². The van der Waals surface area contributed by atoms with E-state index < -0.39 is 0 Å². The Hall–Kier alpha value is -4.42. The van der Waals surface area contributed by atoms with Crippen LogP contribution in [-0.2, 0) is 22.7 Å². The molecule has 7 rings (SSSR count). The SMILES string of the molecule is COc1nc(-c2ccnc(-c3cccc(Nc4cccc(CN5CC6(CCC(=O)N6)C5)c4OC)c3Cl)c2Cl)ccc1CNCC1CCC(=O)N1. The zero-order valence-electron chi connectivity index (χ0n) is 27.9. The molecule has 1 unspecified atom stereocenters. The number of para-hydroxylation sites is 1. The van der Waals surface area contributed by atoms with Crippen molar-refractivity contribution in [3.05, 3.63) is 82.0 Å². The minimum atomic E-state index is -0.0828. The van der Waals surface area contributed by atoms with E-state index in [0.717, 1.165) is 48.5 Å². The van der Waals surface area contributed by atoms with Crippen LogP contribution in [0.3, 0.4) is 0 Å². The number of anilines is 2. The number of likely N-dealkylation sites (tertiary alicyclic amines) is 1. The number of carbonyl (C=O) groups excluding carboxylic acids is 2. The Balaban J connectivity index is 1.08. The standard InChI is InChI=1S/C37H39Cl2N7O4/c1-49-35-23(19-46-20-37(21-46)15-13-31(48)45-37)5-3-8-29(35)43-28-7-4-6-26(32(28)38)34-33(39)25(14-16-41-34)27-11-9-22(36(44-27)50-2)17-40-18-24-10-12-30(47)42-24/h3-9,11,14,16,24,40,43H,10,12-13,15,17-21H2,1-2H3,(H,42,47)(H,45,48). The van der Waals surface area contributed by atoms with Crippen molar-refractivity contribution < 1.29 is 19.1 Å². The van der Waals surface area contributed by atoms with Crippen LogP contribution in [0.25, 0.3) is 22.5 Å². The van der Waals surface area contributed by atoms with Crippen molar-refractivity contribution in [3.8, 4) is 34.1 Å². The third kappa shape index (κ3) is 6.96. The van der Waals surface area contributed by atoms with E-state index in [9.17, 15) is 9.59 Å². The van der Waals surface area contributed by atoms with E-state index in [0.29, 0.717) is 76.6 Å². The van der Waals surface area contributed by atoms with E-state index >= 15 is 0 Å². The number of hydrogen-bond acceptors (Lipinski definition) is 9. The second-order valence-electron chi connectivity index (χ2n) is 13.1. The maximum absolute atomic E-state index is 11.8. The molecule has 1 spiro atoms. The Kier molecular flexibility index (Phi) is 9.83. The quantitative estimate of drug-likeness (QED) is 0.146. The first-order chi connectivity index (χ1) is 24.3. The summed E-state index contributed by atoms with van der Waals surface area (Å²) in [6, 6.07) is 17.5. The lowest BCUT2D eigenvalue weighted by atomic mass is 9.88. The van der Waals surface area contributed by atoms with E-state index in [1.807, 2.05) is 48.5 Å². The summed E-state index contributed by atoms with van der Waals surface area (Å²) in [5.41, 5.74) is 5.81. The highest BCUT2D eigenvalue weighted by Crippen LogP contribution is 2.42. The number of ether oxygens (including phenoxy) is 2. The second-order valence-corrected chi connectivity index (χ2v) is 13.8. The molecule has 2 aromatic heterocycles. The van der Waals surface area contributed by atoms with Crippen LogP contribution in [0.2, 0.25) is 10.0 Å². The second kappa shape index (κ2) is 14.4. The Morgan fingerprint density at radius 1 is 0.920 bits per heavy atom. The highest BCUT2D eigenvalue weighted by molar-refractivity contribution is 6.39. The van der Waals surface area contributed by atoms with Crippen molar-refractivity contribution in [2.45, 2.75) is 50.4 Å². The van der Waals surface area contributed by atoms with Crippen molar-refractivity contribution >= 4 is 46.4 Å². The molecule has 3 saturated heterocycles. The van der Waals surface area contributed by atoms with Crippen molar-refractivity contribution in [2.75, 3.05) is 39.2 Å². The van der Waals surface area contributed by atoms with Crippen LogP contribution >= 0.6 is 23.2 Å². The van der Waals surface area contributed by atoms with Gasteiger partial charge in [-0.15, -0.1) is 0 Å². The van der Waals surface area contributed by atoms with Crippen LogP contribution in [-0.4, -0.2) is 72.1 Å². The number of benzene rings is 2. The summed E-state index contributed by atoms with van der Waals surface area (Å²) >= 11 is 14.1. The van der Waals surface area contributed by atoms with Gasteiger partial charge in [0, 0.05) is 80.1 Å². The Labute approximate surface area is 301 Å². The number of halogens is 2. The smallest absolute Gasteiger partial charge is 0.220 e. The topological polar surface area (TPSA) is 130 Å². The molecule has 3 fully saturated rings. The fourth-order valence-electron chi connectivity index (χ4n) is 7.15. The number of nitrogens with one attached hydrogen (secondary N) is 4. The van der Waals surface area contributed by atoms with Crippen molar-refractivity contribution in [1.82, 2.24) is 30.8 Å². The van der Waals surface area contributed by atoms with Crippen LogP contribution in [0, 0.1) is 0 Å². The maximum atomic E-state index is 11.8. The van der Waals surface area contributed by atoms with Gasteiger partial charge >= 0.3 is 0 Å². The Morgan fingerprint density at radius 3 is 2.48 bits per heavy atom. The average Bonchev–Trinajstić information content (AvgIpc) is 3.71. The first kappa shape index (κ1) is 34.0. The predicted octanol–water partition coefficient (Wildman–Crippen LogP) is 5.71. The van der Waals surface area contributed by atoms with Crippen LogP contribution in [0.4, 0.5) is 11.4 Å². The monoisotopic (exact) mass is 715 g/mol. The first-order valence-corrected chi connectivity index (χ1v) is 17.5. The minimum Gasteiger partial charge on any atom is -0.494 e. The molecule has 2 aromatic carbocycles. The molecule has 3 aliphatic heterocycles. The normalized spacial score (nSPS) is 18.1. The zero-order valence-corrected chi connectivity index (χ0v) is 29.5. The molecule has 50 heavy (non-hydrogen) atoms. The lowest BCUT2D eigenvalue weighted by Gasteiger charge is -2.48. The summed E-state index contributed by atoms with van der Waals surface area (Å²) in [6.45, 7) is 3.56. The van der Waals surface area contributed by atoms with Crippen molar-refractivity contribution in [3.63, 3.8) is 0 Å². The van der Waals surface area contributed by atoms with E-state index in [2.05, 4.69) is 37.2 Å². The molecule has 11 nitrogen and oxygen atoms in total. The van der Waals surface area contributed by atoms with Crippen LogP contribution in [0.1, 0.15) is 36.8 Å². The Morgan fingerprint density at radius 2 is 1.74 bits per heavy atom. The number of amides is 2. The van der Waals surface area contributed by atoms with Gasteiger partial charge in [0.05, 0.1) is 52.6 Å². The predicted molar refractivity (Wildman–Crippen MR) is 194 cm³/mol. The summed E-state index contributed by atoms with van der Waals surface area (Å²) in [6.07, 6.45) is 4.57. The summed E-state index contributed by atoms with van der Waals surface area (Å²) < 4.78 is 11.5. The lowest BCUT2D eigenvalue weighted by Crippen LogP contribution is -2.66. The van der Waals surface area contributed by atoms with E-state index in [1.54, 1.807) is 20.4 Å². The highest BCUT2D eigenvalue weighted by atomic mass is 35.5. The van der Waals surface area contributed by atoms with Gasteiger partial charge in [-0.25, -0.2) is 4.98 Å². The summed E-state index contributed by atoms with van der Waals surface area (Å²) in [5.74, 6) is 1.45. The number of aromatic nitrogens is 2. The molecule has 4 aromatic rings. The van der Waals surface area contributed by atoms with Crippen LogP contribution in [0.5, 0.6) is 11.6 Å². The molecule has 0 saturated carbocycles. The summed E-state index contributed by atoms with van der Waals surface area (Å²) in [7, 11) is 3.25. The minimum absolute atomic E-state index is 0.0828. The summed E-state index contributed by atoms with van der Waals surface area (Å²) in [4.78, 5) is 35.0. The number of nitrogens with zero attached hydrogens (tertiary/aromatic N) is 3. The third-order valence-electron chi connectivity index (χ3n) is 9.59. The van der Waals surface area contributed by atoms with E-state index in [1.165, 1.54) is 0 Å². The van der Waals surface area contributed by atoms with Crippen molar-refractivity contribution in [1.29, 1.82) is 0 Å². The fraction of sp³-hybridized carbons (Fsp3) is 0.351. The molecular weight excluding hydrogens is 677 g/mol. The molecule has 5 heterocycles. The van der Waals surface area contributed by atoms with Gasteiger partial charge in [-0.3, -0.25) is 19.5 Å². The number of pyridine rings is 2. The summed E-state index contributed by atoms with van der Waals surface area (Å²) in [5, 5.41) is 13.8. The number of methoxy groups -OCH3 is 2. The lowest BCUT2D eigenvalue weighted by molar-refractivity contribution is -0.121. The van der Waals surface area contributed by atoms with Crippen LogP contribution in [0.15, 0.2) is 60.8 Å². The molecule has 3 aliphatic rings. The zero-order chi connectivity index (χ0) is 34.8. The highest BCUT2D eigenvalue weighted by Gasteiger charge is 2.47. The molecule has 0 radical (unpaired) electrons.